The predicted molar refractivity (Wildman–Crippen MR) is 61.6 cm³/mol. The lowest BCUT2D eigenvalue weighted by Gasteiger charge is -2.11. The van der Waals surface area contributed by atoms with Crippen molar-refractivity contribution in [2.75, 3.05) is 0 Å². The van der Waals surface area contributed by atoms with Gasteiger partial charge in [0.15, 0.2) is 0 Å². The van der Waals surface area contributed by atoms with Crippen molar-refractivity contribution in [2.45, 2.75) is 25.2 Å². The molecule has 0 aliphatic heterocycles. The number of H-pyrrole nitrogens is 1. The molecule has 1 saturated carbocycles. The lowest BCUT2D eigenvalue weighted by molar-refractivity contribution is -0.140. The molecule has 1 fully saturated rings. The number of carboxylic acid groups (broad SMARTS) is 1. The van der Waals surface area contributed by atoms with Crippen molar-refractivity contribution in [3.63, 3.8) is 0 Å². The first kappa shape index (κ1) is 9.46. The van der Waals surface area contributed by atoms with E-state index in [0.29, 0.717) is 0 Å². The number of rotatable bonds is 2. The minimum Gasteiger partial charge on any atom is -0.481 e. The summed E-state index contributed by atoms with van der Waals surface area (Å²) in [6.07, 6.45) is 3.41. The van der Waals surface area contributed by atoms with E-state index >= 15 is 0 Å². The average Bonchev–Trinajstić information content (AvgIpc) is 2.92. The van der Waals surface area contributed by atoms with Crippen LogP contribution in [0.4, 0.5) is 0 Å². The van der Waals surface area contributed by atoms with Gasteiger partial charge in [-0.3, -0.25) is 4.79 Å². The van der Waals surface area contributed by atoms with Crippen molar-refractivity contribution in [3.8, 4) is 0 Å². The van der Waals surface area contributed by atoms with Gasteiger partial charge in [-0.25, -0.2) is 0 Å². The fourth-order valence-electron chi connectivity index (χ4n) is 2.39. The van der Waals surface area contributed by atoms with Crippen LogP contribution in [0.5, 0.6) is 0 Å². The molecule has 16 heavy (non-hydrogen) atoms. The molecular weight excluding hydrogens is 202 g/mol. The number of carbonyl (C=O) groups is 1. The fraction of sp³-hybridized carbons (Fsp3) is 0.308. The molecule has 1 aliphatic carbocycles. The van der Waals surface area contributed by atoms with Crippen LogP contribution in [-0.4, -0.2) is 16.1 Å². The Morgan fingerprint density at radius 2 is 2.19 bits per heavy atom. The van der Waals surface area contributed by atoms with Crippen LogP contribution in [-0.2, 0) is 10.2 Å². The summed E-state index contributed by atoms with van der Waals surface area (Å²) in [7, 11) is 0. The van der Waals surface area contributed by atoms with E-state index in [1.165, 1.54) is 0 Å². The molecular formula is C13H13NO2. The summed E-state index contributed by atoms with van der Waals surface area (Å²) >= 11 is 0. The molecule has 1 aliphatic rings. The number of hydrogen-bond donors (Lipinski definition) is 2. The Balaban J connectivity index is 2.22. The maximum atomic E-state index is 11.3. The third-order valence-electron chi connectivity index (χ3n) is 3.57. The van der Waals surface area contributed by atoms with Crippen LogP contribution in [0.1, 0.15) is 24.0 Å². The predicted octanol–water partition coefficient (Wildman–Crippen LogP) is 2.59. The summed E-state index contributed by atoms with van der Waals surface area (Å²) in [6, 6.07) is 5.99. The van der Waals surface area contributed by atoms with Gasteiger partial charge in [-0.2, -0.15) is 0 Å². The average molecular weight is 215 g/mol. The van der Waals surface area contributed by atoms with Gasteiger partial charge in [0, 0.05) is 11.7 Å². The van der Waals surface area contributed by atoms with Gasteiger partial charge >= 0.3 is 5.97 Å². The minimum atomic E-state index is -0.693. The summed E-state index contributed by atoms with van der Waals surface area (Å²) in [4.78, 5) is 14.4. The van der Waals surface area contributed by atoms with Gasteiger partial charge in [-0.1, -0.05) is 6.07 Å². The van der Waals surface area contributed by atoms with E-state index in [4.69, 9.17) is 0 Å². The van der Waals surface area contributed by atoms with E-state index in [-0.39, 0.29) is 0 Å². The summed E-state index contributed by atoms with van der Waals surface area (Å²) in [5.41, 5.74) is 2.57. The smallest absolute Gasteiger partial charge is 0.314 e. The minimum absolute atomic E-state index is 0.601. The van der Waals surface area contributed by atoms with Crippen molar-refractivity contribution < 1.29 is 9.90 Å². The molecule has 0 radical (unpaired) electrons. The van der Waals surface area contributed by atoms with Gasteiger partial charge < -0.3 is 10.1 Å². The first-order chi connectivity index (χ1) is 7.63. The molecule has 0 unspecified atom stereocenters. The molecule has 1 aromatic carbocycles. The van der Waals surface area contributed by atoms with Crippen molar-refractivity contribution in [2.24, 2.45) is 0 Å². The molecule has 1 aromatic heterocycles. The zero-order chi connectivity index (χ0) is 11.3. The second-order valence-corrected chi connectivity index (χ2v) is 4.62. The summed E-state index contributed by atoms with van der Waals surface area (Å²) in [5.74, 6) is -0.693. The van der Waals surface area contributed by atoms with Gasteiger partial charge in [-0.05, 0) is 48.4 Å². The number of aryl methyl sites for hydroxylation is 1. The van der Waals surface area contributed by atoms with Gasteiger partial charge in [0.05, 0.1) is 5.41 Å². The van der Waals surface area contributed by atoms with E-state index < -0.39 is 11.4 Å². The number of benzene rings is 1. The maximum absolute atomic E-state index is 11.3. The fourth-order valence-corrected chi connectivity index (χ4v) is 2.39. The number of fused-ring (bicyclic) bond motifs is 1. The van der Waals surface area contributed by atoms with Gasteiger partial charge in [-0.15, -0.1) is 0 Å². The highest BCUT2D eigenvalue weighted by Crippen LogP contribution is 2.49. The Labute approximate surface area is 93.1 Å². The van der Waals surface area contributed by atoms with Crippen molar-refractivity contribution in [1.29, 1.82) is 0 Å². The molecule has 0 atom stereocenters. The molecule has 2 N–H and O–H groups in total. The van der Waals surface area contributed by atoms with Crippen LogP contribution < -0.4 is 0 Å². The van der Waals surface area contributed by atoms with Crippen LogP contribution in [0.2, 0.25) is 0 Å². The monoisotopic (exact) mass is 215 g/mol. The van der Waals surface area contributed by atoms with Crippen molar-refractivity contribution in [3.05, 3.63) is 35.5 Å². The van der Waals surface area contributed by atoms with E-state index in [0.717, 1.165) is 34.9 Å². The number of aromatic amines is 1. The number of aromatic nitrogens is 1. The van der Waals surface area contributed by atoms with E-state index in [2.05, 4.69) is 4.98 Å². The SMILES string of the molecule is Cc1cc(C2(C(=O)O)CC2)cc2cc[nH]c12. The van der Waals surface area contributed by atoms with E-state index in [1.54, 1.807) is 0 Å². The molecule has 3 nitrogen and oxygen atoms in total. The molecule has 1 heterocycles. The molecule has 0 spiro atoms. The normalized spacial score (nSPS) is 17.6. The number of carboxylic acids is 1. The Morgan fingerprint density at radius 1 is 1.44 bits per heavy atom. The number of aliphatic carboxylic acids is 1. The van der Waals surface area contributed by atoms with Crippen LogP contribution >= 0.6 is 0 Å². The summed E-state index contributed by atoms with van der Waals surface area (Å²) in [5, 5.41) is 10.4. The first-order valence-corrected chi connectivity index (χ1v) is 5.45. The lowest BCUT2D eigenvalue weighted by atomic mass is 9.93. The quantitative estimate of drug-likeness (QED) is 0.809. The second kappa shape index (κ2) is 2.88. The van der Waals surface area contributed by atoms with Crippen molar-refractivity contribution in [1.82, 2.24) is 4.98 Å². The number of hydrogen-bond acceptors (Lipinski definition) is 1. The maximum Gasteiger partial charge on any atom is 0.314 e. The molecule has 0 amide bonds. The van der Waals surface area contributed by atoms with Gasteiger partial charge in [0.25, 0.3) is 0 Å². The first-order valence-electron chi connectivity index (χ1n) is 5.45. The Hall–Kier alpha value is -1.77. The highest BCUT2D eigenvalue weighted by atomic mass is 16.4. The highest BCUT2D eigenvalue weighted by Gasteiger charge is 2.51. The molecule has 0 bridgehead atoms. The van der Waals surface area contributed by atoms with Crippen molar-refractivity contribution >= 4 is 16.9 Å². The Bertz CT molecular complexity index is 579. The van der Waals surface area contributed by atoms with Gasteiger partial charge in [0.1, 0.15) is 0 Å². The summed E-state index contributed by atoms with van der Waals surface area (Å²) in [6.45, 7) is 2.01. The third-order valence-corrected chi connectivity index (χ3v) is 3.57. The molecule has 0 saturated heterocycles. The Kier molecular flexibility index (Phi) is 1.70. The topological polar surface area (TPSA) is 53.1 Å². The Morgan fingerprint density at radius 3 is 2.81 bits per heavy atom. The third kappa shape index (κ3) is 1.11. The molecule has 3 heteroatoms. The molecule has 82 valence electrons. The van der Waals surface area contributed by atoms with Crippen LogP contribution in [0.15, 0.2) is 24.4 Å². The zero-order valence-electron chi connectivity index (χ0n) is 9.08. The molecule has 3 rings (SSSR count). The zero-order valence-corrected chi connectivity index (χ0v) is 9.08. The van der Waals surface area contributed by atoms with Gasteiger partial charge in [0.2, 0.25) is 0 Å². The second-order valence-electron chi connectivity index (χ2n) is 4.62. The number of nitrogens with one attached hydrogen (secondary N) is 1. The van der Waals surface area contributed by atoms with E-state index in [9.17, 15) is 9.90 Å². The van der Waals surface area contributed by atoms with Crippen LogP contribution in [0.3, 0.4) is 0 Å². The van der Waals surface area contributed by atoms with Crippen LogP contribution in [0.25, 0.3) is 10.9 Å². The lowest BCUT2D eigenvalue weighted by Crippen LogP contribution is -2.19. The molecule has 2 aromatic rings. The van der Waals surface area contributed by atoms with E-state index in [1.807, 2.05) is 31.3 Å². The standard InChI is InChI=1S/C13H13NO2/c1-8-6-10(13(3-4-13)12(15)16)7-9-2-5-14-11(8)9/h2,5-7,14H,3-4H2,1H3,(H,15,16). The van der Waals surface area contributed by atoms with Crippen LogP contribution in [0, 0.1) is 6.92 Å². The summed E-state index contributed by atoms with van der Waals surface area (Å²) < 4.78 is 0. The largest absolute Gasteiger partial charge is 0.481 e. The highest BCUT2D eigenvalue weighted by molar-refractivity contribution is 5.89.